The van der Waals surface area contributed by atoms with E-state index in [1.807, 2.05) is 0 Å². The summed E-state index contributed by atoms with van der Waals surface area (Å²) in [7, 11) is 0. The van der Waals surface area contributed by atoms with Crippen LogP contribution >= 0.6 is 0 Å². The Morgan fingerprint density at radius 2 is 1.75 bits per heavy atom. The lowest BCUT2D eigenvalue weighted by atomic mass is 9.89. The van der Waals surface area contributed by atoms with Crippen molar-refractivity contribution in [3.8, 4) is 0 Å². The molecule has 1 rings (SSSR count). The van der Waals surface area contributed by atoms with Crippen LogP contribution in [0.2, 0.25) is 0 Å². The van der Waals surface area contributed by atoms with Crippen LogP contribution in [-0.4, -0.2) is 11.8 Å². The number of rotatable bonds is 0. The molecule has 0 spiro atoms. The largest absolute Gasteiger partial charge is 0.398 e. The minimum Gasteiger partial charge on any atom is -0.309 e. The second-order valence-electron chi connectivity index (χ2n) is 2.76. The molecule has 1 aliphatic rings. The second kappa shape index (κ2) is 2.60. The molecule has 0 amide bonds. The van der Waals surface area contributed by atoms with Crippen LogP contribution < -0.4 is 11.5 Å². The van der Waals surface area contributed by atoms with Crippen LogP contribution in [0, 0.1) is 5.92 Å². The summed E-state index contributed by atoms with van der Waals surface area (Å²) in [5.41, 5.74) is 8.64. The highest BCUT2D eigenvalue weighted by atomic mass is 19.4. The lowest BCUT2D eigenvalue weighted by Gasteiger charge is -2.32. The first kappa shape index (κ1) is 9.28. The molecular formula is C7H9F3N2. The Balaban J connectivity index is 2.92. The monoisotopic (exact) mass is 178 g/mol. The third kappa shape index (κ3) is 1.67. The van der Waals surface area contributed by atoms with Crippen LogP contribution in [-0.2, 0) is 0 Å². The molecule has 0 saturated carbocycles. The Bertz CT molecular complexity index is 227. The van der Waals surface area contributed by atoms with E-state index in [2.05, 4.69) is 0 Å². The summed E-state index contributed by atoms with van der Waals surface area (Å²) in [6.07, 6.45) is 0.411. The average molecular weight is 178 g/mol. The Morgan fingerprint density at radius 3 is 2.08 bits per heavy atom. The number of nitrogens with two attached hydrogens (primary N) is 2. The van der Waals surface area contributed by atoms with Crippen LogP contribution in [0.4, 0.5) is 13.2 Å². The van der Waals surface area contributed by atoms with Gasteiger partial charge < -0.3 is 11.5 Å². The predicted molar refractivity (Wildman–Crippen MR) is 38.9 cm³/mol. The molecule has 0 aromatic carbocycles. The van der Waals surface area contributed by atoms with Crippen molar-refractivity contribution in [2.75, 3.05) is 0 Å². The number of hydrogen-bond acceptors (Lipinski definition) is 2. The first-order chi connectivity index (χ1) is 5.34. The summed E-state index contributed by atoms with van der Waals surface area (Å²) in [6.45, 7) is 0. The third-order valence-electron chi connectivity index (χ3n) is 1.69. The standard InChI is InChI=1S/C7H9F3N2/c8-7(9,10)5-3-1-2-4-6(5,11)12/h1-5H,11-12H2. The van der Waals surface area contributed by atoms with Gasteiger partial charge in [0.15, 0.2) is 0 Å². The predicted octanol–water partition coefficient (Wildman–Crippen LogP) is 0.905. The van der Waals surface area contributed by atoms with E-state index in [0.29, 0.717) is 0 Å². The Hall–Kier alpha value is -0.810. The Labute approximate surface area is 67.7 Å². The van der Waals surface area contributed by atoms with Gasteiger partial charge in [-0.3, -0.25) is 0 Å². The van der Waals surface area contributed by atoms with Gasteiger partial charge in [0.05, 0.1) is 5.66 Å². The van der Waals surface area contributed by atoms with Gasteiger partial charge in [0.2, 0.25) is 0 Å². The molecule has 0 bridgehead atoms. The Morgan fingerprint density at radius 1 is 1.17 bits per heavy atom. The van der Waals surface area contributed by atoms with Gasteiger partial charge in [0.25, 0.3) is 0 Å². The summed E-state index contributed by atoms with van der Waals surface area (Å²) in [4.78, 5) is 0. The highest BCUT2D eigenvalue weighted by Gasteiger charge is 2.47. The van der Waals surface area contributed by atoms with Gasteiger partial charge in [-0.2, -0.15) is 13.2 Å². The molecule has 2 nitrogen and oxygen atoms in total. The fraction of sp³-hybridized carbons (Fsp3) is 0.429. The first-order valence-electron chi connectivity index (χ1n) is 3.34. The minimum atomic E-state index is -4.38. The van der Waals surface area contributed by atoms with Gasteiger partial charge in [0.1, 0.15) is 5.92 Å². The van der Waals surface area contributed by atoms with Crippen molar-refractivity contribution in [3.63, 3.8) is 0 Å². The highest BCUT2D eigenvalue weighted by molar-refractivity contribution is 5.23. The molecule has 68 valence electrons. The lowest BCUT2D eigenvalue weighted by molar-refractivity contribution is -0.172. The smallest absolute Gasteiger partial charge is 0.309 e. The first-order valence-corrected chi connectivity index (χ1v) is 3.34. The zero-order chi connectivity index (χ0) is 9.41. The van der Waals surface area contributed by atoms with Crippen molar-refractivity contribution in [1.82, 2.24) is 0 Å². The molecule has 0 aromatic heterocycles. The van der Waals surface area contributed by atoms with Crippen molar-refractivity contribution in [3.05, 3.63) is 24.3 Å². The third-order valence-corrected chi connectivity index (χ3v) is 1.69. The maximum absolute atomic E-state index is 12.2. The number of alkyl halides is 3. The quantitative estimate of drug-likeness (QED) is 0.541. The lowest BCUT2D eigenvalue weighted by Crippen LogP contribution is -2.58. The molecule has 12 heavy (non-hydrogen) atoms. The van der Waals surface area contributed by atoms with Crippen molar-refractivity contribution in [2.45, 2.75) is 11.8 Å². The number of allylic oxidation sites excluding steroid dienone is 2. The average Bonchev–Trinajstić information content (AvgIpc) is 1.83. The van der Waals surface area contributed by atoms with E-state index >= 15 is 0 Å². The summed E-state index contributed by atoms with van der Waals surface area (Å²) >= 11 is 0. The fourth-order valence-electron chi connectivity index (χ4n) is 1.06. The van der Waals surface area contributed by atoms with E-state index in [9.17, 15) is 13.2 Å². The molecule has 4 N–H and O–H groups in total. The van der Waals surface area contributed by atoms with E-state index in [4.69, 9.17) is 11.5 Å². The van der Waals surface area contributed by atoms with Gasteiger partial charge in [-0.1, -0.05) is 18.2 Å². The van der Waals surface area contributed by atoms with Gasteiger partial charge >= 0.3 is 6.18 Å². The highest BCUT2D eigenvalue weighted by Crippen LogP contribution is 2.34. The van der Waals surface area contributed by atoms with E-state index in [0.717, 1.165) is 12.2 Å². The zero-order valence-electron chi connectivity index (χ0n) is 6.18. The molecule has 0 radical (unpaired) electrons. The molecule has 0 heterocycles. The van der Waals surface area contributed by atoms with E-state index in [-0.39, 0.29) is 0 Å². The van der Waals surface area contributed by atoms with Gasteiger partial charge in [-0.05, 0) is 6.08 Å². The molecule has 0 fully saturated rings. The zero-order valence-corrected chi connectivity index (χ0v) is 6.18. The van der Waals surface area contributed by atoms with Crippen molar-refractivity contribution in [2.24, 2.45) is 17.4 Å². The van der Waals surface area contributed by atoms with Crippen LogP contribution in [0.3, 0.4) is 0 Å². The number of hydrogen-bond donors (Lipinski definition) is 2. The molecule has 0 saturated heterocycles. The van der Waals surface area contributed by atoms with Crippen LogP contribution in [0.1, 0.15) is 0 Å². The van der Waals surface area contributed by atoms with E-state index in [1.165, 1.54) is 12.2 Å². The minimum absolute atomic E-state index is 0.958. The van der Waals surface area contributed by atoms with E-state index < -0.39 is 17.8 Å². The van der Waals surface area contributed by atoms with Crippen LogP contribution in [0.5, 0.6) is 0 Å². The maximum atomic E-state index is 12.2. The van der Waals surface area contributed by atoms with E-state index in [1.54, 1.807) is 0 Å². The van der Waals surface area contributed by atoms with Gasteiger partial charge in [0, 0.05) is 0 Å². The van der Waals surface area contributed by atoms with Crippen molar-refractivity contribution >= 4 is 0 Å². The van der Waals surface area contributed by atoms with Gasteiger partial charge in [-0.25, -0.2) is 0 Å². The summed E-state index contributed by atoms with van der Waals surface area (Å²) in [6, 6.07) is 0. The van der Waals surface area contributed by atoms with Crippen molar-refractivity contribution < 1.29 is 13.2 Å². The summed E-state index contributed by atoms with van der Waals surface area (Å²) in [5, 5.41) is 0. The molecule has 1 atom stereocenters. The summed E-state index contributed by atoms with van der Waals surface area (Å²) < 4.78 is 36.6. The topological polar surface area (TPSA) is 52.0 Å². The Kier molecular flexibility index (Phi) is 2.01. The second-order valence-corrected chi connectivity index (χ2v) is 2.76. The number of halogens is 3. The molecule has 0 aromatic rings. The normalized spacial score (nSPS) is 27.6. The fourth-order valence-corrected chi connectivity index (χ4v) is 1.06. The SMILES string of the molecule is NC1(N)C=CC=CC1C(F)(F)F. The summed E-state index contributed by atoms with van der Waals surface area (Å²) in [5.74, 6) is -1.80. The molecule has 1 unspecified atom stereocenters. The maximum Gasteiger partial charge on any atom is 0.398 e. The van der Waals surface area contributed by atoms with Crippen LogP contribution in [0.25, 0.3) is 0 Å². The molecule has 1 aliphatic carbocycles. The molecule has 0 aliphatic heterocycles. The van der Waals surface area contributed by atoms with Crippen LogP contribution in [0.15, 0.2) is 24.3 Å². The molecular weight excluding hydrogens is 169 g/mol. The molecule has 5 heteroatoms. The van der Waals surface area contributed by atoms with Crippen molar-refractivity contribution in [1.29, 1.82) is 0 Å². The van der Waals surface area contributed by atoms with Gasteiger partial charge in [-0.15, -0.1) is 0 Å².